The Labute approximate surface area is 318 Å². The highest BCUT2D eigenvalue weighted by Crippen LogP contribution is 2.38. The first kappa shape index (κ1) is 36.9. The van der Waals surface area contributed by atoms with Crippen molar-refractivity contribution in [1.82, 2.24) is 9.80 Å². The number of hydrogen-bond acceptors (Lipinski definition) is 8. The molecule has 0 radical (unpaired) electrons. The van der Waals surface area contributed by atoms with Gasteiger partial charge in [-0.25, -0.2) is 9.59 Å². The van der Waals surface area contributed by atoms with Gasteiger partial charge in [0.15, 0.2) is 0 Å². The molecule has 0 aliphatic carbocycles. The number of aromatic hydroxyl groups is 1. The zero-order valence-corrected chi connectivity index (χ0v) is 30.4. The lowest BCUT2D eigenvalue weighted by Crippen LogP contribution is -2.48. The third-order valence-corrected chi connectivity index (χ3v) is 10.4. The van der Waals surface area contributed by atoms with Gasteiger partial charge >= 0.3 is 11.9 Å². The maximum absolute atomic E-state index is 13.4. The molecule has 54 heavy (non-hydrogen) atoms. The fourth-order valence-corrected chi connectivity index (χ4v) is 7.49. The van der Waals surface area contributed by atoms with Crippen LogP contribution in [-0.4, -0.2) is 84.5 Å². The minimum absolute atomic E-state index is 0.00986. The second-order valence-corrected chi connectivity index (χ2v) is 13.8. The Morgan fingerprint density at radius 3 is 1.98 bits per heavy atom. The minimum atomic E-state index is -1.33. The fraction of sp³-hybridized carbons (Fsp3) is 0.227. The highest BCUT2D eigenvalue weighted by Gasteiger charge is 2.27. The molecular weight excluding hydrogens is 704 g/mol. The van der Waals surface area contributed by atoms with E-state index in [1.54, 1.807) is 48.5 Å². The van der Waals surface area contributed by atoms with Crippen molar-refractivity contribution in [1.29, 1.82) is 0 Å². The molecule has 10 heteroatoms. The second kappa shape index (κ2) is 16.7. The van der Waals surface area contributed by atoms with Crippen LogP contribution in [0.25, 0.3) is 21.5 Å². The van der Waals surface area contributed by atoms with Crippen LogP contribution in [0.3, 0.4) is 0 Å². The summed E-state index contributed by atoms with van der Waals surface area (Å²) in [5.74, 6) is -3.00. The van der Waals surface area contributed by atoms with E-state index in [9.17, 15) is 24.9 Å². The third kappa shape index (κ3) is 8.05. The first-order valence-corrected chi connectivity index (χ1v) is 18.4. The zero-order valence-electron chi connectivity index (χ0n) is 29.6. The van der Waals surface area contributed by atoms with Crippen LogP contribution in [0.1, 0.15) is 49.0 Å². The van der Waals surface area contributed by atoms with Crippen LogP contribution < -0.4 is 5.11 Å². The van der Waals surface area contributed by atoms with Gasteiger partial charge in [0, 0.05) is 49.7 Å². The summed E-state index contributed by atoms with van der Waals surface area (Å²) < 4.78 is 11.4. The van der Waals surface area contributed by atoms with Crippen molar-refractivity contribution in [2.75, 3.05) is 52.5 Å². The van der Waals surface area contributed by atoms with Gasteiger partial charge < -0.3 is 24.8 Å². The number of halogens is 1. The smallest absolute Gasteiger partial charge is 0.342 e. The van der Waals surface area contributed by atoms with Gasteiger partial charge in [0.05, 0.1) is 24.8 Å². The van der Waals surface area contributed by atoms with E-state index in [-0.39, 0.29) is 48.1 Å². The summed E-state index contributed by atoms with van der Waals surface area (Å²) in [6.45, 7) is 4.97. The Morgan fingerprint density at radius 2 is 1.31 bits per heavy atom. The number of carbonyl (C=O) groups is 2. The van der Waals surface area contributed by atoms with Crippen molar-refractivity contribution in [3.05, 3.63) is 154 Å². The molecule has 0 saturated carbocycles. The molecule has 0 spiro atoms. The van der Waals surface area contributed by atoms with Crippen LogP contribution in [-0.2, 0) is 15.9 Å². The molecule has 1 fully saturated rings. The van der Waals surface area contributed by atoms with Gasteiger partial charge in [0.25, 0.3) is 0 Å². The number of aromatic carboxylic acids is 1. The highest BCUT2D eigenvalue weighted by atomic mass is 35.5. The van der Waals surface area contributed by atoms with Crippen molar-refractivity contribution in [2.45, 2.75) is 12.5 Å². The molecule has 1 heterocycles. The summed E-state index contributed by atoms with van der Waals surface area (Å²) in [5, 5.41) is 37.8. The van der Waals surface area contributed by atoms with Crippen molar-refractivity contribution >= 4 is 45.1 Å². The van der Waals surface area contributed by atoms with Gasteiger partial charge in [-0.1, -0.05) is 108 Å². The van der Waals surface area contributed by atoms with E-state index >= 15 is 0 Å². The minimum Gasteiger partial charge on any atom is -0.872 e. The average molecular weight is 744 g/mol. The topological polar surface area (TPSA) is 123 Å². The van der Waals surface area contributed by atoms with E-state index in [2.05, 4.69) is 46.2 Å². The molecule has 1 unspecified atom stereocenters. The number of phenolic OH excluding ortho intramolecular Hbond substituents is 1. The molecule has 276 valence electrons. The van der Waals surface area contributed by atoms with Gasteiger partial charge in [-0.2, -0.15) is 0 Å². The van der Waals surface area contributed by atoms with E-state index in [1.165, 1.54) is 17.2 Å². The van der Waals surface area contributed by atoms with E-state index in [0.29, 0.717) is 33.7 Å². The molecule has 1 aliphatic rings. The molecular formula is C44H40ClN2O7-. The summed E-state index contributed by atoms with van der Waals surface area (Å²) in [4.78, 5) is 30.1. The molecule has 0 bridgehead atoms. The molecule has 1 aliphatic heterocycles. The number of carboxylic acid groups (broad SMARTS) is 1. The highest BCUT2D eigenvalue weighted by molar-refractivity contribution is 6.30. The van der Waals surface area contributed by atoms with Crippen LogP contribution in [0.2, 0.25) is 5.02 Å². The number of fused-ring (bicyclic) bond motifs is 2. The number of ether oxygens (including phenoxy) is 2. The number of phenols is 1. The monoisotopic (exact) mass is 743 g/mol. The molecule has 7 rings (SSSR count). The molecule has 2 N–H and O–H groups in total. The Morgan fingerprint density at radius 1 is 0.722 bits per heavy atom. The molecule has 6 aromatic rings. The van der Waals surface area contributed by atoms with Gasteiger partial charge in [-0.3, -0.25) is 9.80 Å². The maximum Gasteiger partial charge on any atom is 0.342 e. The first-order chi connectivity index (χ1) is 26.3. The summed E-state index contributed by atoms with van der Waals surface area (Å²) in [7, 11) is 0. The maximum atomic E-state index is 13.4. The van der Waals surface area contributed by atoms with E-state index in [0.717, 1.165) is 37.7 Å². The molecule has 9 nitrogen and oxygen atoms in total. The van der Waals surface area contributed by atoms with Crippen LogP contribution in [0.5, 0.6) is 11.5 Å². The Bertz CT molecular complexity index is 2270. The molecule has 0 amide bonds. The Kier molecular flexibility index (Phi) is 11.4. The Balaban J connectivity index is 0.953. The van der Waals surface area contributed by atoms with Gasteiger partial charge in [-0.05, 0) is 62.5 Å². The number of carboxylic acids is 1. The van der Waals surface area contributed by atoms with Crippen molar-refractivity contribution in [3.63, 3.8) is 0 Å². The van der Waals surface area contributed by atoms with Crippen molar-refractivity contribution in [3.8, 4) is 11.5 Å². The van der Waals surface area contributed by atoms with Gasteiger partial charge in [0.1, 0.15) is 17.9 Å². The van der Waals surface area contributed by atoms with Gasteiger partial charge in [-0.15, -0.1) is 0 Å². The molecule has 1 atom stereocenters. The van der Waals surface area contributed by atoms with Crippen molar-refractivity contribution < 1.29 is 34.4 Å². The number of esters is 1. The number of nitrogens with zero attached hydrogens (tertiary/aromatic N) is 2. The lowest BCUT2D eigenvalue weighted by Gasteiger charge is -2.39. The quantitative estimate of drug-likeness (QED) is 0.0928. The molecule has 6 aromatic carbocycles. The van der Waals surface area contributed by atoms with E-state index < -0.39 is 17.7 Å². The normalized spacial score (nSPS) is 14.3. The largest absolute Gasteiger partial charge is 0.872 e. The number of benzene rings is 6. The van der Waals surface area contributed by atoms with E-state index in [1.807, 2.05) is 24.3 Å². The average Bonchev–Trinajstić information content (AvgIpc) is 3.19. The summed E-state index contributed by atoms with van der Waals surface area (Å²) in [6, 6.07) is 35.9. The zero-order chi connectivity index (χ0) is 37.6. The number of hydrogen-bond donors (Lipinski definition) is 2. The van der Waals surface area contributed by atoms with Crippen molar-refractivity contribution in [2.24, 2.45) is 0 Å². The summed E-state index contributed by atoms with van der Waals surface area (Å²) >= 11 is 6.19. The predicted molar refractivity (Wildman–Crippen MR) is 208 cm³/mol. The third-order valence-electron chi connectivity index (χ3n) is 10.1. The lowest BCUT2D eigenvalue weighted by molar-refractivity contribution is -0.269. The second-order valence-electron chi connectivity index (χ2n) is 13.4. The lowest BCUT2D eigenvalue weighted by atomic mass is 9.90. The molecule has 0 aromatic heterocycles. The first-order valence-electron chi connectivity index (χ1n) is 18.0. The predicted octanol–water partition coefficient (Wildman–Crippen LogP) is 7.30. The summed E-state index contributed by atoms with van der Waals surface area (Å²) in [5.41, 5.74) is 2.63. The number of rotatable bonds is 13. The van der Waals surface area contributed by atoms with E-state index in [4.69, 9.17) is 21.1 Å². The standard InChI is InChI=1S/C44H41ClN2O7/c45-33-16-14-30(15-17-33)40(29-8-2-1-3-9-29)47-20-18-46(19-21-47)22-23-53-24-25-54-44(52)39-27-32-11-5-7-13-35(32)37(42(39)49)28-36-34-12-6-4-10-31(34)26-38(41(36)48)43(50)51/h1-17,26-27,40,48-49H,18-25,28H2,(H,50,51)/p-1. The SMILES string of the molecule is O=C(O)c1cc2ccccc2c(Cc2c(O)c(C(=O)OCCOCCN3CCN(C(c4ccccc4)c4ccc(Cl)cc4)CC3)cc3ccccc23)c1[O-]. The summed E-state index contributed by atoms with van der Waals surface area (Å²) in [6.07, 6.45) is -0.0840. The Hall–Kier alpha value is -5.45. The van der Waals surface area contributed by atoms with Crippen LogP contribution in [0.4, 0.5) is 0 Å². The van der Waals surface area contributed by atoms with Gasteiger partial charge in [0.2, 0.25) is 0 Å². The fourth-order valence-electron chi connectivity index (χ4n) is 7.37. The molecule has 1 saturated heterocycles. The number of piperazine rings is 1. The number of carbonyl (C=O) groups excluding carboxylic acids is 1. The van der Waals surface area contributed by atoms with Crippen LogP contribution in [0, 0.1) is 0 Å². The van der Waals surface area contributed by atoms with Crippen LogP contribution >= 0.6 is 11.6 Å². The van der Waals surface area contributed by atoms with Crippen LogP contribution in [0.15, 0.2) is 115 Å².